The van der Waals surface area contributed by atoms with Gasteiger partial charge in [0, 0.05) is 11.1 Å². The highest BCUT2D eigenvalue weighted by Gasteiger charge is 2.24. The number of aromatic hydroxyl groups is 1. The monoisotopic (exact) mass is 481 g/mol. The standard InChI is InChI=1S/C25H15N5O4S/c31-20-19-21(17-13-7-8-14-18(17)29(23(19)32)15-9-3-1-4-10-15)34-24(33)22(20)35-25-26-27-28-30(25)16-11-5-2-6-12-16/h1-14,31H. The molecule has 6 aromatic rings. The minimum Gasteiger partial charge on any atom is -0.505 e. The van der Waals surface area contributed by atoms with E-state index < -0.39 is 16.9 Å². The largest absolute Gasteiger partial charge is 0.505 e. The fourth-order valence-corrected chi connectivity index (χ4v) is 4.78. The molecule has 3 aromatic carbocycles. The van der Waals surface area contributed by atoms with Gasteiger partial charge in [-0.05, 0) is 58.6 Å². The lowest BCUT2D eigenvalue weighted by molar-refractivity contribution is 0.447. The van der Waals surface area contributed by atoms with Gasteiger partial charge in [0.15, 0.2) is 11.3 Å². The zero-order valence-corrected chi connectivity index (χ0v) is 18.7. The Morgan fingerprint density at radius 1 is 0.829 bits per heavy atom. The van der Waals surface area contributed by atoms with Crippen molar-refractivity contribution in [1.82, 2.24) is 24.8 Å². The first-order chi connectivity index (χ1) is 17.1. The molecule has 3 aromatic heterocycles. The second-order valence-corrected chi connectivity index (χ2v) is 8.55. The average molecular weight is 481 g/mol. The van der Waals surface area contributed by atoms with Crippen molar-refractivity contribution in [2.45, 2.75) is 10.1 Å². The lowest BCUT2D eigenvalue weighted by Gasteiger charge is -2.14. The minimum atomic E-state index is -0.801. The van der Waals surface area contributed by atoms with Crippen LogP contribution in [0.15, 0.2) is 109 Å². The second-order valence-electron chi connectivity index (χ2n) is 7.58. The Balaban J connectivity index is 1.62. The molecular weight excluding hydrogens is 466 g/mol. The summed E-state index contributed by atoms with van der Waals surface area (Å²) in [6.45, 7) is 0. The highest BCUT2D eigenvalue weighted by molar-refractivity contribution is 7.99. The Morgan fingerprint density at radius 2 is 1.49 bits per heavy atom. The van der Waals surface area contributed by atoms with Crippen molar-refractivity contribution in [3.8, 4) is 17.1 Å². The van der Waals surface area contributed by atoms with Crippen LogP contribution in [-0.2, 0) is 0 Å². The predicted molar refractivity (Wildman–Crippen MR) is 131 cm³/mol. The van der Waals surface area contributed by atoms with E-state index in [2.05, 4.69) is 15.5 Å². The van der Waals surface area contributed by atoms with E-state index in [0.29, 0.717) is 22.3 Å². The van der Waals surface area contributed by atoms with E-state index in [0.717, 1.165) is 11.8 Å². The van der Waals surface area contributed by atoms with Crippen molar-refractivity contribution in [1.29, 1.82) is 0 Å². The molecule has 1 N–H and O–H groups in total. The molecule has 0 aliphatic heterocycles. The summed E-state index contributed by atoms with van der Waals surface area (Å²) in [6.07, 6.45) is 0. The molecule has 0 saturated heterocycles. The second kappa shape index (κ2) is 8.26. The van der Waals surface area contributed by atoms with Gasteiger partial charge in [0.25, 0.3) is 5.56 Å². The van der Waals surface area contributed by atoms with Crippen molar-refractivity contribution < 1.29 is 9.52 Å². The maximum Gasteiger partial charge on any atom is 0.354 e. The van der Waals surface area contributed by atoms with Gasteiger partial charge in [0.1, 0.15) is 10.3 Å². The van der Waals surface area contributed by atoms with Crippen molar-refractivity contribution in [2.75, 3.05) is 0 Å². The molecule has 0 bridgehead atoms. The number of pyridine rings is 1. The van der Waals surface area contributed by atoms with Crippen molar-refractivity contribution in [3.63, 3.8) is 0 Å². The van der Waals surface area contributed by atoms with Crippen LogP contribution in [-0.4, -0.2) is 29.9 Å². The van der Waals surface area contributed by atoms with Crippen LogP contribution in [0.4, 0.5) is 0 Å². The van der Waals surface area contributed by atoms with Crippen LogP contribution in [0.5, 0.6) is 5.75 Å². The Bertz CT molecular complexity index is 1830. The first kappa shape index (κ1) is 20.9. The molecule has 0 aliphatic rings. The third-order valence-electron chi connectivity index (χ3n) is 5.52. The van der Waals surface area contributed by atoms with Gasteiger partial charge >= 0.3 is 5.63 Å². The quantitative estimate of drug-likeness (QED) is 0.377. The van der Waals surface area contributed by atoms with Gasteiger partial charge in [-0.2, -0.15) is 4.68 Å². The highest BCUT2D eigenvalue weighted by atomic mass is 32.2. The number of para-hydroxylation sites is 3. The number of hydrogen-bond donors (Lipinski definition) is 1. The summed E-state index contributed by atoms with van der Waals surface area (Å²) in [4.78, 5) is 26.5. The molecular formula is C25H15N5O4S. The van der Waals surface area contributed by atoms with E-state index in [-0.39, 0.29) is 21.0 Å². The molecule has 0 unspecified atom stereocenters. The normalized spacial score (nSPS) is 11.3. The maximum absolute atomic E-state index is 13.7. The molecule has 0 saturated carbocycles. The Labute approximate surface area is 200 Å². The summed E-state index contributed by atoms with van der Waals surface area (Å²) in [7, 11) is 0. The van der Waals surface area contributed by atoms with Crippen LogP contribution in [0.1, 0.15) is 0 Å². The number of nitrogens with zero attached hydrogens (tertiary/aromatic N) is 5. The number of rotatable bonds is 4. The van der Waals surface area contributed by atoms with Gasteiger partial charge in [0.05, 0.1) is 11.2 Å². The van der Waals surface area contributed by atoms with E-state index >= 15 is 0 Å². The molecule has 0 fully saturated rings. The van der Waals surface area contributed by atoms with Crippen LogP contribution in [0, 0.1) is 0 Å². The number of fused-ring (bicyclic) bond motifs is 3. The smallest absolute Gasteiger partial charge is 0.354 e. The lowest BCUT2D eigenvalue weighted by Crippen LogP contribution is -2.20. The Morgan fingerprint density at radius 3 is 2.23 bits per heavy atom. The minimum absolute atomic E-state index is 0.0206. The van der Waals surface area contributed by atoms with Crippen molar-refractivity contribution in [3.05, 3.63) is 106 Å². The van der Waals surface area contributed by atoms with E-state index in [9.17, 15) is 14.7 Å². The zero-order valence-electron chi connectivity index (χ0n) is 17.9. The van der Waals surface area contributed by atoms with Crippen LogP contribution < -0.4 is 11.2 Å². The van der Waals surface area contributed by atoms with Crippen LogP contribution in [0.3, 0.4) is 0 Å². The third-order valence-corrected chi connectivity index (χ3v) is 6.52. The molecule has 0 amide bonds. The van der Waals surface area contributed by atoms with Gasteiger partial charge in [-0.1, -0.05) is 48.5 Å². The zero-order chi connectivity index (χ0) is 23.9. The molecule has 0 atom stereocenters. The predicted octanol–water partition coefficient (Wildman–Crippen LogP) is 3.93. The maximum atomic E-state index is 13.7. The third kappa shape index (κ3) is 3.39. The fraction of sp³-hybridized carbons (Fsp3) is 0. The molecule has 170 valence electrons. The fourth-order valence-electron chi connectivity index (χ4n) is 3.97. The number of benzene rings is 3. The van der Waals surface area contributed by atoms with E-state index in [1.54, 1.807) is 48.5 Å². The average Bonchev–Trinajstić information content (AvgIpc) is 3.36. The van der Waals surface area contributed by atoms with Crippen molar-refractivity contribution >= 4 is 33.6 Å². The number of aromatic nitrogens is 5. The van der Waals surface area contributed by atoms with E-state index in [1.807, 2.05) is 36.4 Å². The molecule has 9 nitrogen and oxygen atoms in total. The van der Waals surface area contributed by atoms with Gasteiger partial charge in [0.2, 0.25) is 5.16 Å². The number of tetrazole rings is 1. The SMILES string of the molecule is O=c1oc2c(c(O)c1Sc1nnnn1-c1ccccc1)c(=O)n(-c1ccccc1)c1ccccc21. The lowest BCUT2D eigenvalue weighted by atomic mass is 10.1. The molecule has 3 heterocycles. The van der Waals surface area contributed by atoms with Gasteiger partial charge in [-0.25, -0.2) is 4.79 Å². The molecule has 10 heteroatoms. The van der Waals surface area contributed by atoms with Gasteiger partial charge in [-0.15, -0.1) is 5.10 Å². The molecule has 6 rings (SSSR count). The van der Waals surface area contributed by atoms with Gasteiger partial charge in [-0.3, -0.25) is 9.36 Å². The van der Waals surface area contributed by atoms with Crippen LogP contribution in [0.2, 0.25) is 0 Å². The highest BCUT2D eigenvalue weighted by Crippen LogP contribution is 2.37. The Kier molecular flexibility index (Phi) is 4.93. The summed E-state index contributed by atoms with van der Waals surface area (Å²) < 4.78 is 8.54. The Hall–Kier alpha value is -4.70. The topological polar surface area (TPSA) is 116 Å². The first-order valence-corrected chi connectivity index (χ1v) is 11.4. The van der Waals surface area contributed by atoms with Crippen LogP contribution >= 0.6 is 11.8 Å². The van der Waals surface area contributed by atoms with E-state index in [4.69, 9.17) is 4.42 Å². The summed E-state index contributed by atoms with van der Waals surface area (Å²) in [5.74, 6) is -0.482. The van der Waals surface area contributed by atoms with Crippen LogP contribution in [0.25, 0.3) is 33.2 Å². The summed E-state index contributed by atoms with van der Waals surface area (Å²) in [5.41, 5.74) is 0.533. The molecule has 0 radical (unpaired) electrons. The molecule has 0 aliphatic carbocycles. The summed E-state index contributed by atoms with van der Waals surface area (Å²) in [6, 6.07) is 25.2. The molecule has 0 spiro atoms. The van der Waals surface area contributed by atoms with Gasteiger partial charge < -0.3 is 9.52 Å². The first-order valence-electron chi connectivity index (χ1n) is 10.5. The van der Waals surface area contributed by atoms with E-state index in [1.165, 1.54) is 9.25 Å². The summed E-state index contributed by atoms with van der Waals surface area (Å²) in [5, 5.41) is 23.5. The number of hydrogen-bond acceptors (Lipinski definition) is 8. The summed E-state index contributed by atoms with van der Waals surface area (Å²) >= 11 is 0.822. The molecule has 35 heavy (non-hydrogen) atoms. The van der Waals surface area contributed by atoms with Crippen molar-refractivity contribution in [2.24, 2.45) is 0 Å².